The topological polar surface area (TPSA) is 29.4 Å². The molecule has 0 unspecified atom stereocenters. The fourth-order valence-electron chi connectivity index (χ4n) is 2.42. The van der Waals surface area contributed by atoms with Crippen molar-refractivity contribution in [3.8, 4) is 0 Å². The molecule has 0 heterocycles. The molecule has 0 rings (SSSR count). The van der Waals surface area contributed by atoms with Crippen molar-refractivity contribution in [2.45, 2.75) is 96.8 Å². The standard InChI is InChI=1S/C18H35NO/c1-2-3-4-5-6-7-8-9-10-11-12-13-14-15-16-17-18-19-20/h9-10H,2-8,11-18H2,1H3/b10-9+. The zero-order valence-electron chi connectivity index (χ0n) is 13.6. The monoisotopic (exact) mass is 281 g/mol. The van der Waals surface area contributed by atoms with Crippen LogP contribution in [0.1, 0.15) is 96.8 Å². The van der Waals surface area contributed by atoms with Crippen molar-refractivity contribution in [1.29, 1.82) is 0 Å². The Morgan fingerprint density at radius 1 is 0.650 bits per heavy atom. The molecule has 118 valence electrons. The molecular weight excluding hydrogens is 246 g/mol. The van der Waals surface area contributed by atoms with Crippen LogP contribution < -0.4 is 0 Å². The van der Waals surface area contributed by atoms with E-state index >= 15 is 0 Å². The van der Waals surface area contributed by atoms with Gasteiger partial charge in [-0.15, -0.1) is 0 Å². The molecule has 0 spiro atoms. The minimum Gasteiger partial charge on any atom is -0.151 e. The molecule has 0 fully saturated rings. The first-order valence-corrected chi connectivity index (χ1v) is 8.86. The van der Waals surface area contributed by atoms with Gasteiger partial charge in [0.15, 0.2) is 0 Å². The third kappa shape index (κ3) is 17.3. The Bertz CT molecular complexity index is 213. The first-order valence-electron chi connectivity index (χ1n) is 8.86. The normalized spacial score (nSPS) is 11.2. The maximum absolute atomic E-state index is 9.90. The Morgan fingerprint density at radius 3 is 1.60 bits per heavy atom. The molecule has 0 N–H and O–H groups in total. The van der Waals surface area contributed by atoms with Gasteiger partial charge in [0.05, 0.1) is 6.54 Å². The first kappa shape index (κ1) is 19.3. The lowest BCUT2D eigenvalue weighted by Gasteiger charge is -1.99. The smallest absolute Gasteiger partial charge is 0.0811 e. The van der Waals surface area contributed by atoms with E-state index in [0.717, 1.165) is 6.42 Å². The predicted molar refractivity (Wildman–Crippen MR) is 90.1 cm³/mol. The average Bonchev–Trinajstić information content (AvgIpc) is 2.47. The lowest BCUT2D eigenvalue weighted by atomic mass is 10.1. The Labute approximate surface area is 126 Å². The maximum atomic E-state index is 9.90. The highest BCUT2D eigenvalue weighted by Crippen LogP contribution is 2.09. The van der Waals surface area contributed by atoms with Gasteiger partial charge < -0.3 is 0 Å². The molecule has 2 nitrogen and oxygen atoms in total. The molecule has 0 bridgehead atoms. The number of rotatable bonds is 16. The molecule has 20 heavy (non-hydrogen) atoms. The summed E-state index contributed by atoms with van der Waals surface area (Å²) in [6, 6.07) is 0. The van der Waals surface area contributed by atoms with Gasteiger partial charge in [-0.1, -0.05) is 82.0 Å². The number of hydrogen-bond acceptors (Lipinski definition) is 2. The summed E-state index contributed by atoms with van der Waals surface area (Å²) in [7, 11) is 0. The van der Waals surface area contributed by atoms with Crippen molar-refractivity contribution in [2.24, 2.45) is 5.18 Å². The van der Waals surface area contributed by atoms with Gasteiger partial charge in [0.2, 0.25) is 0 Å². The first-order chi connectivity index (χ1) is 9.91. The predicted octanol–water partition coefficient (Wildman–Crippen LogP) is 6.79. The van der Waals surface area contributed by atoms with Gasteiger partial charge in [-0.3, -0.25) is 0 Å². The van der Waals surface area contributed by atoms with Crippen LogP contribution in [0.2, 0.25) is 0 Å². The summed E-state index contributed by atoms with van der Waals surface area (Å²) in [4.78, 5) is 9.90. The Kier molecular flexibility index (Phi) is 17.7. The van der Waals surface area contributed by atoms with E-state index in [1.165, 1.54) is 83.5 Å². The Morgan fingerprint density at radius 2 is 1.10 bits per heavy atom. The van der Waals surface area contributed by atoms with Crippen LogP contribution in [0, 0.1) is 4.91 Å². The summed E-state index contributed by atoms with van der Waals surface area (Å²) < 4.78 is 0. The second-order valence-corrected chi connectivity index (χ2v) is 5.79. The molecular formula is C18H35NO. The zero-order valence-corrected chi connectivity index (χ0v) is 13.6. The highest BCUT2D eigenvalue weighted by Gasteiger charge is 1.91. The number of nitrogens with zero attached hydrogens (tertiary/aromatic N) is 1. The second kappa shape index (κ2) is 18.3. The van der Waals surface area contributed by atoms with E-state index in [-0.39, 0.29) is 0 Å². The summed E-state index contributed by atoms with van der Waals surface area (Å²) in [5.74, 6) is 0. The van der Waals surface area contributed by atoms with E-state index in [1.54, 1.807) is 0 Å². The van der Waals surface area contributed by atoms with Crippen molar-refractivity contribution in [3.05, 3.63) is 17.1 Å². The quantitative estimate of drug-likeness (QED) is 0.174. The van der Waals surface area contributed by atoms with Crippen LogP contribution >= 0.6 is 0 Å². The van der Waals surface area contributed by atoms with Gasteiger partial charge in [0, 0.05) is 0 Å². The largest absolute Gasteiger partial charge is 0.151 e. The third-order valence-electron chi connectivity index (χ3n) is 3.76. The Balaban J connectivity index is 3.03. The SMILES string of the molecule is CCCCCCCC/C=C/CCCCCCCCN=O. The van der Waals surface area contributed by atoms with Gasteiger partial charge >= 0.3 is 0 Å². The van der Waals surface area contributed by atoms with Gasteiger partial charge in [0.25, 0.3) is 0 Å². The van der Waals surface area contributed by atoms with Crippen molar-refractivity contribution in [2.75, 3.05) is 6.54 Å². The molecule has 0 atom stereocenters. The molecule has 0 aromatic carbocycles. The molecule has 0 aromatic rings. The van der Waals surface area contributed by atoms with Crippen molar-refractivity contribution < 1.29 is 0 Å². The number of allylic oxidation sites excluding steroid dienone is 2. The number of nitroso groups, excluding NO2 is 1. The number of hydrogen-bond donors (Lipinski definition) is 0. The average molecular weight is 281 g/mol. The van der Waals surface area contributed by atoms with E-state index in [0.29, 0.717) is 6.54 Å². The van der Waals surface area contributed by atoms with E-state index in [1.807, 2.05) is 0 Å². The van der Waals surface area contributed by atoms with Crippen LogP contribution in [0.5, 0.6) is 0 Å². The summed E-state index contributed by atoms with van der Waals surface area (Å²) in [5.41, 5.74) is 0. The summed E-state index contributed by atoms with van der Waals surface area (Å²) in [5, 5.41) is 2.88. The van der Waals surface area contributed by atoms with Gasteiger partial charge in [-0.05, 0) is 32.1 Å². The van der Waals surface area contributed by atoms with Crippen LogP contribution in [-0.4, -0.2) is 6.54 Å². The molecule has 0 aliphatic rings. The Hall–Kier alpha value is -0.660. The molecule has 0 aromatic heterocycles. The van der Waals surface area contributed by atoms with Crippen molar-refractivity contribution in [1.82, 2.24) is 0 Å². The highest BCUT2D eigenvalue weighted by molar-refractivity contribution is 4.81. The zero-order chi connectivity index (χ0) is 14.7. The van der Waals surface area contributed by atoms with Crippen LogP contribution in [0.3, 0.4) is 0 Å². The van der Waals surface area contributed by atoms with Gasteiger partial charge in [0.1, 0.15) is 0 Å². The second-order valence-electron chi connectivity index (χ2n) is 5.79. The van der Waals surface area contributed by atoms with Gasteiger partial charge in [-0.2, -0.15) is 4.91 Å². The minimum atomic E-state index is 0.501. The van der Waals surface area contributed by atoms with E-state index in [4.69, 9.17) is 0 Å². The molecule has 0 aliphatic heterocycles. The van der Waals surface area contributed by atoms with Crippen LogP contribution in [-0.2, 0) is 0 Å². The van der Waals surface area contributed by atoms with E-state index in [2.05, 4.69) is 24.3 Å². The van der Waals surface area contributed by atoms with E-state index < -0.39 is 0 Å². The van der Waals surface area contributed by atoms with Crippen LogP contribution in [0.15, 0.2) is 17.3 Å². The molecule has 2 heteroatoms. The molecule has 0 aliphatic carbocycles. The maximum Gasteiger partial charge on any atom is 0.0811 e. The summed E-state index contributed by atoms with van der Waals surface area (Å²) in [6.07, 6.45) is 23.0. The fourth-order valence-corrected chi connectivity index (χ4v) is 2.42. The van der Waals surface area contributed by atoms with Gasteiger partial charge in [-0.25, -0.2) is 0 Å². The molecule has 0 saturated heterocycles. The minimum absolute atomic E-state index is 0.501. The molecule has 0 saturated carbocycles. The van der Waals surface area contributed by atoms with Crippen molar-refractivity contribution in [3.63, 3.8) is 0 Å². The fraction of sp³-hybridized carbons (Fsp3) is 0.889. The van der Waals surface area contributed by atoms with E-state index in [9.17, 15) is 4.91 Å². The highest BCUT2D eigenvalue weighted by atomic mass is 16.3. The summed E-state index contributed by atoms with van der Waals surface area (Å²) >= 11 is 0. The lowest BCUT2D eigenvalue weighted by Crippen LogP contribution is -1.82. The molecule has 0 amide bonds. The third-order valence-corrected chi connectivity index (χ3v) is 3.76. The summed E-state index contributed by atoms with van der Waals surface area (Å²) in [6.45, 7) is 2.77. The molecule has 0 radical (unpaired) electrons. The van der Waals surface area contributed by atoms with Crippen molar-refractivity contribution >= 4 is 0 Å². The van der Waals surface area contributed by atoms with Crippen LogP contribution in [0.4, 0.5) is 0 Å². The van der Waals surface area contributed by atoms with Crippen LogP contribution in [0.25, 0.3) is 0 Å². The lowest BCUT2D eigenvalue weighted by molar-refractivity contribution is 0.599. The number of unbranched alkanes of at least 4 members (excludes halogenated alkanes) is 12.